The summed E-state index contributed by atoms with van der Waals surface area (Å²) in [5.41, 5.74) is 0. The van der Waals surface area contributed by atoms with Crippen LogP contribution >= 0.6 is 0 Å². The molecule has 0 bridgehead atoms. The normalized spacial score (nSPS) is 22.2. The maximum Gasteiger partial charge on any atom is 0.202 e. The number of amidine groups is 1. The Kier molecular flexibility index (Phi) is 2.16. The molecule has 1 aliphatic rings. The second kappa shape index (κ2) is 3.11. The first-order valence-electron chi connectivity index (χ1n) is 2.82. The summed E-state index contributed by atoms with van der Waals surface area (Å²) in [6.07, 6.45) is 0. The van der Waals surface area contributed by atoms with Gasteiger partial charge in [-0.1, -0.05) is 0 Å². The van der Waals surface area contributed by atoms with Gasteiger partial charge in [0.15, 0.2) is 5.03 Å². The molecule has 0 aromatic heterocycles. The van der Waals surface area contributed by atoms with Crippen LogP contribution in [0, 0.1) is 10.1 Å². The second-order valence-electron chi connectivity index (χ2n) is 1.76. The van der Waals surface area contributed by atoms with E-state index in [9.17, 15) is 10.1 Å². The molecule has 0 spiro atoms. The number of rotatable bonds is 1. The molecule has 0 saturated carbocycles. The fourth-order valence-electron chi connectivity index (χ4n) is 0.650. The molecule has 1 aliphatic heterocycles. The highest BCUT2D eigenvalue weighted by molar-refractivity contribution is 5.83. The minimum absolute atomic E-state index is 0.209. The lowest BCUT2D eigenvalue weighted by Gasteiger charge is -2.12. The summed E-state index contributed by atoms with van der Waals surface area (Å²) in [5.74, 6) is 0.288. The summed E-state index contributed by atoms with van der Waals surface area (Å²) in [4.78, 5) is 9.79. The first-order valence-corrected chi connectivity index (χ1v) is 2.82. The molecule has 0 amide bonds. The number of nitrogens with one attached hydrogen (secondary N) is 1. The molecule has 56 valence electrons. The van der Waals surface area contributed by atoms with Crippen molar-refractivity contribution in [1.29, 1.82) is 0 Å². The maximum absolute atomic E-state index is 9.79. The van der Waals surface area contributed by atoms with Gasteiger partial charge < -0.3 is 10.1 Å². The zero-order chi connectivity index (χ0) is 7.40. The molecule has 0 radical (unpaired) electrons. The van der Waals surface area contributed by atoms with Crippen LogP contribution in [-0.4, -0.2) is 30.6 Å². The van der Waals surface area contributed by atoms with Crippen LogP contribution in [0.1, 0.15) is 0 Å². The zero-order valence-electron chi connectivity index (χ0n) is 5.24. The molecule has 6 nitrogen and oxygen atoms in total. The number of hydrogen-bond acceptors (Lipinski definition) is 3. The van der Waals surface area contributed by atoms with E-state index in [2.05, 4.69) is 10.4 Å². The highest BCUT2D eigenvalue weighted by atomic mass is 16.7. The third-order valence-electron chi connectivity index (χ3n) is 1.02. The van der Waals surface area contributed by atoms with E-state index >= 15 is 0 Å². The number of hydrogen-bond donors (Lipinski definition) is 1. The molecular formula is C4H7N3O3. The number of nitrogens with zero attached hydrogens (tertiary/aromatic N) is 2. The van der Waals surface area contributed by atoms with Gasteiger partial charge in [-0.3, -0.25) is 0 Å². The Morgan fingerprint density at radius 2 is 2.60 bits per heavy atom. The molecule has 6 heteroatoms. The number of ether oxygens (including phenoxy) is 1. The van der Waals surface area contributed by atoms with E-state index in [1.165, 1.54) is 0 Å². The van der Waals surface area contributed by atoms with E-state index in [-0.39, 0.29) is 12.4 Å². The van der Waals surface area contributed by atoms with E-state index in [4.69, 9.17) is 4.74 Å². The topological polar surface area (TPSA) is 76.8 Å². The van der Waals surface area contributed by atoms with Crippen molar-refractivity contribution >= 4 is 5.84 Å². The summed E-state index contributed by atoms with van der Waals surface area (Å²) >= 11 is 0. The predicted molar refractivity (Wildman–Crippen MR) is 33.3 cm³/mol. The summed E-state index contributed by atoms with van der Waals surface area (Å²) < 4.78 is 4.89. The van der Waals surface area contributed by atoms with Crippen molar-refractivity contribution in [2.24, 2.45) is 5.10 Å². The molecule has 1 N–H and O–H groups in total. The van der Waals surface area contributed by atoms with Gasteiger partial charge in [-0.25, -0.2) is 10.1 Å². The van der Waals surface area contributed by atoms with E-state index in [1.807, 2.05) is 0 Å². The number of hydrazone groups is 1. The van der Waals surface area contributed by atoms with Gasteiger partial charge in [-0.05, 0) is 0 Å². The lowest BCUT2D eigenvalue weighted by atomic mass is 10.5. The first kappa shape index (κ1) is 6.94. The molecule has 0 aromatic rings. The van der Waals surface area contributed by atoms with Crippen LogP contribution in [-0.2, 0) is 4.74 Å². The van der Waals surface area contributed by atoms with E-state index in [0.29, 0.717) is 13.2 Å². The van der Waals surface area contributed by atoms with Crippen LogP contribution in [0.3, 0.4) is 0 Å². The van der Waals surface area contributed by atoms with Gasteiger partial charge >= 0.3 is 0 Å². The van der Waals surface area contributed by atoms with E-state index in [1.54, 1.807) is 0 Å². The van der Waals surface area contributed by atoms with Crippen LogP contribution in [0.2, 0.25) is 0 Å². The molecule has 0 unspecified atom stereocenters. The first-order chi connectivity index (χ1) is 4.79. The van der Waals surface area contributed by atoms with Gasteiger partial charge in [0.2, 0.25) is 5.84 Å². The van der Waals surface area contributed by atoms with Crippen LogP contribution in [0.4, 0.5) is 0 Å². The minimum atomic E-state index is -0.739. The van der Waals surface area contributed by atoms with Crippen molar-refractivity contribution in [3.8, 4) is 0 Å². The Morgan fingerprint density at radius 3 is 3.10 bits per heavy atom. The van der Waals surface area contributed by atoms with Gasteiger partial charge in [-0.15, -0.1) is 0 Å². The molecular weight excluding hydrogens is 138 g/mol. The highest BCUT2D eigenvalue weighted by Crippen LogP contribution is 1.85. The van der Waals surface area contributed by atoms with Crippen molar-refractivity contribution in [2.75, 3.05) is 19.8 Å². The molecule has 1 heterocycles. The lowest BCUT2D eigenvalue weighted by molar-refractivity contribution is -0.485. The molecule has 0 aliphatic carbocycles. The third kappa shape index (κ3) is 1.98. The second-order valence-corrected chi connectivity index (χ2v) is 1.76. The molecule has 1 rings (SSSR count). The SMILES string of the molecule is O=[N+]([O-])N=C1COCCN1. The van der Waals surface area contributed by atoms with Crippen molar-refractivity contribution in [3.63, 3.8) is 0 Å². The van der Waals surface area contributed by atoms with Crippen LogP contribution < -0.4 is 5.32 Å². The van der Waals surface area contributed by atoms with Crippen LogP contribution in [0.25, 0.3) is 0 Å². The van der Waals surface area contributed by atoms with Crippen molar-refractivity contribution in [2.45, 2.75) is 0 Å². The summed E-state index contributed by atoms with van der Waals surface area (Å²) in [7, 11) is 0. The fourth-order valence-corrected chi connectivity index (χ4v) is 0.650. The van der Waals surface area contributed by atoms with Crippen molar-refractivity contribution in [3.05, 3.63) is 10.1 Å². The minimum Gasteiger partial charge on any atom is -0.371 e. The van der Waals surface area contributed by atoms with Crippen LogP contribution in [0.15, 0.2) is 5.10 Å². The summed E-state index contributed by atoms with van der Waals surface area (Å²) in [6.45, 7) is 1.38. The monoisotopic (exact) mass is 145 g/mol. The zero-order valence-corrected chi connectivity index (χ0v) is 5.24. The fraction of sp³-hybridized carbons (Fsp3) is 0.750. The largest absolute Gasteiger partial charge is 0.371 e. The molecule has 1 fully saturated rings. The Balaban J connectivity index is 2.45. The maximum atomic E-state index is 9.79. The molecule has 10 heavy (non-hydrogen) atoms. The smallest absolute Gasteiger partial charge is 0.202 e. The van der Waals surface area contributed by atoms with Gasteiger partial charge in [0.1, 0.15) is 6.61 Å². The third-order valence-corrected chi connectivity index (χ3v) is 1.02. The highest BCUT2D eigenvalue weighted by Gasteiger charge is 2.08. The number of morpholine rings is 1. The molecule has 0 aromatic carbocycles. The Labute approximate surface area is 57.0 Å². The van der Waals surface area contributed by atoms with Gasteiger partial charge in [0.25, 0.3) is 0 Å². The Morgan fingerprint density at radius 1 is 1.80 bits per heavy atom. The van der Waals surface area contributed by atoms with E-state index in [0.717, 1.165) is 0 Å². The summed E-state index contributed by atoms with van der Waals surface area (Å²) in [6, 6.07) is 0. The van der Waals surface area contributed by atoms with Crippen LogP contribution in [0.5, 0.6) is 0 Å². The molecule has 0 atom stereocenters. The number of nitro groups is 1. The van der Waals surface area contributed by atoms with Gasteiger partial charge in [0.05, 0.1) is 11.7 Å². The average molecular weight is 145 g/mol. The summed E-state index contributed by atoms with van der Waals surface area (Å²) in [5, 5.41) is 14.8. The predicted octanol–water partition coefficient (Wildman–Crippen LogP) is -0.804. The Bertz CT molecular complexity index is 159. The quantitative estimate of drug-likeness (QED) is 0.387. The van der Waals surface area contributed by atoms with Gasteiger partial charge in [-0.2, -0.15) is 0 Å². The average Bonchev–Trinajstić information content (AvgIpc) is 1.88. The Hall–Kier alpha value is -1.17. The lowest BCUT2D eigenvalue weighted by Crippen LogP contribution is -2.37. The standard InChI is InChI=1S/C4H7N3O3/c8-7(9)6-4-3-10-2-1-5-4/h1-3H2,(H,5,6). The van der Waals surface area contributed by atoms with E-state index < -0.39 is 5.03 Å². The molecule has 1 saturated heterocycles. The van der Waals surface area contributed by atoms with Crippen molar-refractivity contribution in [1.82, 2.24) is 5.32 Å². The van der Waals surface area contributed by atoms with Crippen molar-refractivity contribution < 1.29 is 9.77 Å². The van der Waals surface area contributed by atoms with Gasteiger partial charge in [0, 0.05) is 6.54 Å².